The van der Waals surface area contributed by atoms with Crippen LogP contribution in [0.3, 0.4) is 0 Å². The van der Waals surface area contributed by atoms with Gasteiger partial charge in [-0.05, 0) is 47.6 Å². The summed E-state index contributed by atoms with van der Waals surface area (Å²) in [5, 5.41) is 0. The van der Waals surface area contributed by atoms with Crippen LogP contribution in [0.15, 0.2) is 54.3 Å². The Bertz CT molecular complexity index is 805. The molecule has 1 aliphatic rings. The molecule has 3 rings (SSSR count). The molecule has 148 valence electrons. The van der Waals surface area contributed by atoms with Crippen LogP contribution in [0.5, 0.6) is 0 Å². The van der Waals surface area contributed by atoms with Crippen LogP contribution in [0.1, 0.15) is 55.9 Å². The molecule has 0 bridgehead atoms. The van der Waals surface area contributed by atoms with Crippen LogP contribution in [-0.4, -0.2) is 23.6 Å². The van der Waals surface area contributed by atoms with Gasteiger partial charge in [-0.25, -0.2) is 4.79 Å². The predicted molar refractivity (Wildman–Crippen MR) is 115 cm³/mol. The highest BCUT2D eigenvalue weighted by Gasteiger charge is 2.37. The molecule has 0 radical (unpaired) electrons. The van der Waals surface area contributed by atoms with Gasteiger partial charge in [-0.2, -0.15) is 0 Å². The van der Waals surface area contributed by atoms with E-state index in [1.54, 1.807) is 0 Å². The lowest BCUT2D eigenvalue weighted by atomic mass is 10.00. The van der Waals surface area contributed by atoms with Gasteiger partial charge in [-0.15, -0.1) is 0 Å². The third kappa shape index (κ3) is 4.83. The summed E-state index contributed by atoms with van der Waals surface area (Å²) in [7, 11) is 0. The summed E-state index contributed by atoms with van der Waals surface area (Å²) in [6.07, 6.45) is 6.67. The van der Waals surface area contributed by atoms with Gasteiger partial charge in [-0.3, -0.25) is 4.90 Å². The van der Waals surface area contributed by atoms with Gasteiger partial charge in [-0.1, -0.05) is 75.7 Å². The Morgan fingerprint density at radius 2 is 1.46 bits per heavy atom. The van der Waals surface area contributed by atoms with E-state index in [1.807, 2.05) is 11.0 Å². The number of nitrogens with zero attached hydrogens (tertiary/aromatic N) is 1. The number of ether oxygens (including phenoxy) is 1. The molecule has 0 aliphatic carbocycles. The van der Waals surface area contributed by atoms with Crippen molar-refractivity contribution in [3.05, 3.63) is 76.5 Å². The third-order valence-electron chi connectivity index (χ3n) is 5.45. The highest BCUT2D eigenvalue weighted by atomic mass is 16.6. The van der Waals surface area contributed by atoms with Gasteiger partial charge in [0.25, 0.3) is 0 Å². The minimum Gasteiger partial charge on any atom is -0.412 e. The second-order valence-electron chi connectivity index (χ2n) is 7.45. The molecule has 0 spiro atoms. The number of hydrogen-bond donors (Lipinski definition) is 0. The van der Waals surface area contributed by atoms with Crippen LogP contribution in [0, 0.1) is 0 Å². The minimum absolute atomic E-state index is 0.0441. The maximum Gasteiger partial charge on any atom is 0.415 e. The molecule has 0 N–H and O–H groups in total. The molecule has 2 aromatic rings. The molecule has 1 aliphatic heterocycles. The molecule has 3 heteroatoms. The maximum atomic E-state index is 12.5. The molecule has 2 aromatic carbocycles. The zero-order chi connectivity index (χ0) is 19.9. The van der Waals surface area contributed by atoms with Crippen molar-refractivity contribution in [2.75, 3.05) is 6.54 Å². The number of rotatable bonds is 8. The summed E-state index contributed by atoms with van der Waals surface area (Å²) in [6.45, 7) is 7.19. The summed E-state index contributed by atoms with van der Waals surface area (Å²) in [6, 6.07) is 17.1. The molecule has 28 heavy (non-hydrogen) atoms. The van der Waals surface area contributed by atoms with Crippen molar-refractivity contribution in [2.24, 2.45) is 0 Å². The van der Waals surface area contributed by atoms with Crippen LogP contribution in [0.25, 0.3) is 6.08 Å². The van der Waals surface area contributed by atoms with Crippen molar-refractivity contribution in [3.63, 3.8) is 0 Å². The number of carbonyl (C=O) groups is 1. The Labute approximate surface area is 169 Å². The number of cyclic esters (lactones) is 1. The standard InChI is InChI=1S/C25H31NO2/c1-4-7-16-26-23(17-21-12-8-19(5-2)9-13-21)24(28-25(26)27)18-22-14-10-20(6-3)11-15-22/h8-15,18,23H,4-7,16-17H2,1-3H3/b24-18-. The van der Waals surface area contributed by atoms with Crippen LogP contribution in [0.4, 0.5) is 4.79 Å². The van der Waals surface area contributed by atoms with E-state index < -0.39 is 0 Å². The number of hydrogen-bond acceptors (Lipinski definition) is 2. The summed E-state index contributed by atoms with van der Waals surface area (Å²) < 4.78 is 5.71. The van der Waals surface area contributed by atoms with Gasteiger partial charge in [0.2, 0.25) is 0 Å². The fourth-order valence-electron chi connectivity index (χ4n) is 3.57. The molecule has 1 amide bonds. The van der Waals surface area contributed by atoms with Crippen LogP contribution < -0.4 is 0 Å². The number of carbonyl (C=O) groups excluding carboxylic acids is 1. The van der Waals surface area contributed by atoms with E-state index >= 15 is 0 Å². The first-order chi connectivity index (χ1) is 13.6. The van der Waals surface area contributed by atoms with E-state index in [0.717, 1.165) is 50.0 Å². The first kappa shape index (κ1) is 20.2. The second-order valence-corrected chi connectivity index (χ2v) is 7.45. The maximum absolute atomic E-state index is 12.5. The molecule has 1 fully saturated rings. The summed E-state index contributed by atoms with van der Waals surface area (Å²) in [5.41, 5.74) is 4.94. The highest BCUT2D eigenvalue weighted by molar-refractivity contribution is 5.75. The van der Waals surface area contributed by atoms with E-state index in [4.69, 9.17) is 4.74 Å². The zero-order valence-corrected chi connectivity index (χ0v) is 17.3. The molecule has 1 saturated heterocycles. The van der Waals surface area contributed by atoms with Crippen LogP contribution in [-0.2, 0) is 24.0 Å². The summed E-state index contributed by atoms with van der Waals surface area (Å²) in [5.74, 6) is 0.755. The number of unbranched alkanes of at least 4 members (excludes halogenated alkanes) is 1. The average molecular weight is 378 g/mol. The monoisotopic (exact) mass is 377 g/mol. The molecular formula is C25H31NO2. The molecule has 1 atom stereocenters. The predicted octanol–water partition coefficient (Wildman–Crippen LogP) is 6.02. The van der Waals surface area contributed by atoms with Gasteiger partial charge in [0.1, 0.15) is 5.76 Å². The average Bonchev–Trinajstić information content (AvgIpc) is 3.01. The van der Waals surface area contributed by atoms with Crippen LogP contribution >= 0.6 is 0 Å². The van der Waals surface area contributed by atoms with Crippen molar-refractivity contribution in [2.45, 2.75) is 58.9 Å². The lowest BCUT2D eigenvalue weighted by Crippen LogP contribution is -2.35. The molecule has 0 saturated carbocycles. The first-order valence-electron chi connectivity index (χ1n) is 10.5. The third-order valence-corrected chi connectivity index (χ3v) is 5.45. The lowest BCUT2D eigenvalue weighted by Gasteiger charge is -2.21. The molecule has 3 nitrogen and oxygen atoms in total. The first-order valence-corrected chi connectivity index (χ1v) is 10.5. The van der Waals surface area contributed by atoms with E-state index in [2.05, 4.69) is 69.3 Å². The SMILES string of the molecule is CCCCN1C(=O)O/C(=C\c2ccc(CC)cc2)C1Cc1ccc(CC)cc1. The second kappa shape index (κ2) is 9.59. The summed E-state index contributed by atoms with van der Waals surface area (Å²) >= 11 is 0. The molecule has 0 aromatic heterocycles. The Morgan fingerprint density at radius 3 is 2.04 bits per heavy atom. The lowest BCUT2D eigenvalue weighted by molar-refractivity contribution is 0.164. The largest absolute Gasteiger partial charge is 0.415 e. The van der Waals surface area contributed by atoms with E-state index in [-0.39, 0.29) is 12.1 Å². The topological polar surface area (TPSA) is 29.5 Å². The van der Waals surface area contributed by atoms with Gasteiger partial charge >= 0.3 is 6.09 Å². The van der Waals surface area contributed by atoms with Gasteiger partial charge in [0.05, 0.1) is 6.04 Å². The highest BCUT2D eigenvalue weighted by Crippen LogP contribution is 2.28. The molecule has 1 unspecified atom stereocenters. The number of amides is 1. The Balaban J connectivity index is 1.86. The fraction of sp³-hybridized carbons (Fsp3) is 0.400. The zero-order valence-electron chi connectivity index (χ0n) is 17.3. The smallest absolute Gasteiger partial charge is 0.412 e. The van der Waals surface area contributed by atoms with Crippen molar-refractivity contribution < 1.29 is 9.53 Å². The van der Waals surface area contributed by atoms with Crippen molar-refractivity contribution in [3.8, 4) is 0 Å². The Hall–Kier alpha value is -2.55. The van der Waals surface area contributed by atoms with Crippen molar-refractivity contribution in [1.82, 2.24) is 4.90 Å². The van der Waals surface area contributed by atoms with Crippen LogP contribution in [0.2, 0.25) is 0 Å². The summed E-state index contributed by atoms with van der Waals surface area (Å²) in [4.78, 5) is 14.4. The number of aryl methyl sites for hydroxylation is 2. The van der Waals surface area contributed by atoms with Crippen molar-refractivity contribution >= 4 is 12.2 Å². The van der Waals surface area contributed by atoms with E-state index in [1.165, 1.54) is 16.7 Å². The Morgan fingerprint density at radius 1 is 0.893 bits per heavy atom. The van der Waals surface area contributed by atoms with E-state index in [9.17, 15) is 4.79 Å². The fourth-order valence-corrected chi connectivity index (χ4v) is 3.57. The number of benzene rings is 2. The van der Waals surface area contributed by atoms with Gasteiger partial charge in [0.15, 0.2) is 0 Å². The van der Waals surface area contributed by atoms with Gasteiger partial charge in [0, 0.05) is 13.0 Å². The molecule has 1 heterocycles. The van der Waals surface area contributed by atoms with Crippen molar-refractivity contribution in [1.29, 1.82) is 0 Å². The normalized spacial score (nSPS) is 18.0. The molecular weight excluding hydrogens is 346 g/mol. The quantitative estimate of drug-likeness (QED) is 0.563. The minimum atomic E-state index is -0.222. The van der Waals surface area contributed by atoms with E-state index in [0.29, 0.717) is 0 Å². The van der Waals surface area contributed by atoms with Gasteiger partial charge < -0.3 is 4.74 Å². The Kier molecular flexibility index (Phi) is 6.91.